The summed E-state index contributed by atoms with van der Waals surface area (Å²) >= 11 is 5.67. The Morgan fingerprint density at radius 1 is 1.06 bits per heavy atom. The van der Waals surface area contributed by atoms with E-state index in [-0.39, 0.29) is 11.6 Å². The summed E-state index contributed by atoms with van der Waals surface area (Å²) < 4.78 is 26.6. The molecule has 0 heterocycles. The predicted molar refractivity (Wildman–Crippen MR) is 69.9 cm³/mol. The summed E-state index contributed by atoms with van der Waals surface area (Å²) in [5.41, 5.74) is 1.82. The van der Waals surface area contributed by atoms with E-state index in [1.54, 1.807) is 31.2 Å². The van der Waals surface area contributed by atoms with Gasteiger partial charge in [0, 0.05) is 22.8 Å². The molecule has 0 radical (unpaired) electrons. The molecule has 2 aromatic rings. The largest absolute Gasteiger partial charge is 0.381 e. The summed E-state index contributed by atoms with van der Waals surface area (Å²) in [6, 6.07) is 9.22. The third-order valence-electron chi connectivity index (χ3n) is 2.66. The summed E-state index contributed by atoms with van der Waals surface area (Å²) in [5.74, 6) is -0.605. The van der Waals surface area contributed by atoms with E-state index in [0.29, 0.717) is 22.7 Å². The van der Waals surface area contributed by atoms with Crippen LogP contribution < -0.4 is 5.32 Å². The molecule has 0 unspecified atom stereocenters. The van der Waals surface area contributed by atoms with Crippen molar-refractivity contribution in [2.75, 3.05) is 5.32 Å². The van der Waals surface area contributed by atoms with Gasteiger partial charge in [-0.3, -0.25) is 0 Å². The third-order valence-corrected chi connectivity index (χ3v) is 2.89. The number of aryl methyl sites for hydroxylation is 1. The Morgan fingerprint density at radius 3 is 2.50 bits per heavy atom. The Morgan fingerprint density at radius 2 is 1.83 bits per heavy atom. The lowest BCUT2D eigenvalue weighted by Gasteiger charge is -2.08. The van der Waals surface area contributed by atoms with Crippen LogP contribution in [0.15, 0.2) is 36.4 Å². The Labute approximate surface area is 109 Å². The van der Waals surface area contributed by atoms with E-state index in [1.807, 2.05) is 0 Å². The summed E-state index contributed by atoms with van der Waals surface area (Å²) in [4.78, 5) is 0. The number of hydrogen-bond acceptors (Lipinski definition) is 1. The molecule has 0 bridgehead atoms. The Bertz CT molecular complexity index is 570. The SMILES string of the molecule is Cc1cc(NCc2ccc(Cl)cc2F)ccc1F. The van der Waals surface area contributed by atoms with E-state index < -0.39 is 0 Å². The first-order valence-corrected chi connectivity index (χ1v) is 5.88. The summed E-state index contributed by atoms with van der Waals surface area (Å²) in [6.45, 7) is 2.01. The molecule has 1 N–H and O–H groups in total. The maximum absolute atomic E-state index is 13.5. The van der Waals surface area contributed by atoms with Gasteiger partial charge in [-0.1, -0.05) is 17.7 Å². The van der Waals surface area contributed by atoms with Crippen LogP contribution in [-0.2, 0) is 6.54 Å². The van der Waals surface area contributed by atoms with Gasteiger partial charge in [-0.15, -0.1) is 0 Å². The second-order valence-electron chi connectivity index (χ2n) is 4.05. The molecule has 0 aliphatic heterocycles. The molecule has 18 heavy (non-hydrogen) atoms. The average molecular weight is 268 g/mol. The molecule has 0 atom stereocenters. The van der Waals surface area contributed by atoms with Gasteiger partial charge < -0.3 is 5.32 Å². The monoisotopic (exact) mass is 267 g/mol. The molecule has 1 nitrogen and oxygen atoms in total. The van der Waals surface area contributed by atoms with Crippen molar-refractivity contribution in [3.8, 4) is 0 Å². The lowest BCUT2D eigenvalue weighted by Crippen LogP contribution is -2.02. The maximum atomic E-state index is 13.5. The highest BCUT2D eigenvalue weighted by Crippen LogP contribution is 2.18. The molecule has 2 aromatic carbocycles. The van der Waals surface area contributed by atoms with Crippen LogP contribution in [0.25, 0.3) is 0 Å². The van der Waals surface area contributed by atoms with Crippen LogP contribution in [0, 0.1) is 18.6 Å². The van der Waals surface area contributed by atoms with Crippen molar-refractivity contribution in [1.29, 1.82) is 0 Å². The van der Waals surface area contributed by atoms with Crippen LogP contribution in [-0.4, -0.2) is 0 Å². The van der Waals surface area contributed by atoms with E-state index >= 15 is 0 Å². The Hall–Kier alpha value is -1.61. The summed E-state index contributed by atoms with van der Waals surface area (Å²) in [6.07, 6.45) is 0. The lowest BCUT2D eigenvalue weighted by atomic mass is 10.2. The first-order chi connectivity index (χ1) is 8.56. The lowest BCUT2D eigenvalue weighted by molar-refractivity contribution is 0.612. The molecule has 2 rings (SSSR count). The Kier molecular flexibility index (Phi) is 3.82. The summed E-state index contributed by atoms with van der Waals surface area (Å²) in [7, 11) is 0. The molecule has 4 heteroatoms. The zero-order valence-corrected chi connectivity index (χ0v) is 10.6. The molecule has 0 fully saturated rings. The van der Waals surface area contributed by atoms with Crippen LogP contribution in [0.2, 0.25) is 5.02 Å². The van der Waals surface area contributed by atoms with Crippen molar-refractivity contribution < 1.29 is 8.78 Å². The van der Waals surface area contributed by atoms with Crippen molar-refractivity contribution in [1.82, 2.24) is 0 Å². The van der Waals surface area contributed by atoms with Crippen LogP contribution in [0.5, 0.6) is 0 Å². The van der Waals surface area contributed by atoms with Crippen molar-refractivity contribution in [3.05, 3.63) is 64.2 Å². The van der Waals surface area contributed by atoms with Crippen LogP contribution >= 0.6 is 11.6 Å². The fourth-order valence-electron chi connectivity index (χ4n) is 1.62. The number of benzene rings is 2. The van der Waals surface area contributed by atoms with E-state index in [1.165, 1.54) is 12.1 Å². The van der Waals surface area contributed by atoms with Crippen LogP contribution in [0.4, 0.5) is 14.5 Å². The minimum absolute atomic E-state index is 0.252. The molecule has 0 aromatic heterocycles. The zero-order valence-electron chi connectivity index (χ0n) is 9.81. The van der Waals surface area contributed by atoms with Gasteiger partial charge in [-0.25, -0.2) is 8.78 Å². The predicted octanol–water partition coefficient (Wildman–Crippen LogP) is 4.54. The number of hydrogen-bond donors (Lipinski definition) is 1. The van der Waals surface area contributed by atoms with Crippen LogP contribution in [0.1, 0.15) is 11.1 Å². The topological polar surface area (TPSA) is 12.0 Å². The zero-order chi connectivity index (χ0) is 13.1. The second-order valence-corrected chi connectivity index (χ2v) is 4.49. The van der Waals surface area contributed by atoms with E-state index in [0.717, 1.165) is 5.69 Å². The van der Waals surface area contributed by atoms with E-state index in [9.17, 15) is 8.78 Å². The Balaban J connectivity index is 2.09. The molecule has 0 amide bonds. The van der Waals surface area contributed by atoms with Crippen molar-refractivity contribution in [2.45, 2.75) is 13.5 Å². The normalized spacial score (nSPS) is 10.4. The highest BCUT2D eigenvalue weighted by atomic mass is 35.5. The highest BCUT2D eigenvalue weighted by Gasteiger charge is 2.03. The maximum Gasteiger partial charge on any atom is 0.129 e. The number of rotatable bonds is 3. The average Bonchev–Trinajstić information content (AvgIpc) is 2.32. The quantitative estimate of drug-likeness (QED) is 0.861. The third kappa shape index (κ3) is 2.99. The smallest absolute Gasteiger partial charge is 0.129 e. The second kappa shape index (κ2) is 5.36. The molecule has 0 saturated carbocycles. The van der Waals surface area contributed by atoms with Crippen molar-refractivity contribution >= 4 is 17.3 Å². The molecular formula is C14H12ClF2N. The standard InChI is InChI=1S/C14H12ClF2N/c1-9-6-12(4-5-13(9)16)18-8-10-2-3-11(15)7-14(10)17/h2-7,18H,8H2,1H3. The van der Waals surface area contributed by atoms with Crippen molar-refractivity contribution in [3.63, 3.8) is 0 Å². The van der Waals surface area contributed by atoms with Gasteiger partial charge in [0.2, 0.25) is 0 Å². The fourth-order valence-corrected chi connectivity index (χ4v) is 1.78. The van der Waals surface area contributed by atoms with E-state index in [4.69, 9.17) is 11.6 Å². The molecule has 0 saturated heterocycles. The van der Waals surface area contributed by atoms with Gasteiger partial charge in [0.1, 0.15) is 11.6 Å². The molecule has 94 valence electrons. The van der Waals surface area contributed by atoms with Crippen molar-refractivity contribution in [2.24, 2.45) is 0 Å². The van der Waals surface area contributed by atoms with Gasteiger partial charge in [0.15, 0.2) is 0 Å². The molecule has 0 aliphatic carbocycles. The molecule has 0 aliphatic rings. The van der Waals surface area contributed by atoms with Gasteiger partial charge in [-0.2, -0.15) is 0 Å². The van der Waals surface area contributed by atoms with Gasteiger partial charge in [0.05, 0.1) is 0 Å². The summed E-state index contributed by atoms with van der Waals surface area (Å²) in [5, 5.41) is 3.41. The van der Waals surface area contributed by atoms with Gasteiger partial charge >= 0.3 is 0 Å². The number of nitrogens with one attached hydrogen (secondary N) is 1. The number of halogens is 3. The fraction of sp³-hybridized carbons (Fsp3) is 0.143. The first kappa shape index (κ1) is 12.8. The number of anilines is 1. The highest BCUT2D eigenvalue weighted by molar-refractivity contribution is 6.30. The van der Waals surface area contributed by atoms with Gasteiger partial charge in [-0.05, 0) is 42.8 Å². The van der Waals surface area contributed by atoms with Gasteiger partial charge in [0.25, 0.3) is 0 Å². The minimum Gasteiger partial charge on any atom is -0.381 e. The van der Waals surface area contributed by atoms with Crippen LogP contribution in [0.3, 0.4) is 0 Å². The minimum atomic E-state index is -0.353. The molecular weight excluding hydrogens is 256 g/mol. The van der Waals surface area contributed by atoms with E-state index in [2.05, 4.69) is 5.32 Å². The molecule has 0 spiro atoms. The first-order valence-electron chi connectivity index (χ1n) is 5.50.